The lowest BCUT2D eigenvalue weighted by Gasteiger charge is -2.16. The standard InChI is InChI=1S/C18H24N6O2/c1-12-7-6-8-14(13(12)2)20-17(25)19-11-15-21-16(23-18(22-15)26-3)24-9-4-5-10-24/h6-8H,4-5,9-11H2,1-3H3,(H2,19,20,25). The fourth-order valence-electron chi connectivity index (χ4n) is 2.83. The van der Waals surface area contributed by atoms with E-state index in [0.29, 0.717) is 11.8 Å². The number of aromatic nitrogens is 3. The Balaban J connectivity index is 1.65. The van der Waals surface area contributed by atoms with Crippen molar-refractivity contribution in [1.82, 2.24) is 20.3 Å². The molecule has 8 heteroatoms. The molecule has 0 saturated carbocycles. The van der Waals surface area contributed by atoms with Gasteiger partial charge in [-0.3, -0.25) is 0 Å². The van der Waals surface area contributed by atoms with Crippen LogP contribution in [-0.2, 0) is 6.54 Å². The molecule has 26 heavy (non-hydrogen) atoms. The van der Waals surface area contributed by atoms with Crippen molar-refractivity contribution >= 4 is 17.7 Å². The number of urea groups is 1. The number of methoxy groups -OCH3 is 1. The molecule has 0 aliphatic carbocycles. The monoisotopic (exact) mass is 356 g/mol. The molecule has 138 valence electrons. The van der Waals surface area contributed by atoms with Gasteiger partial charge in [0.25, 0.3) is 0 Å². The Bertz CT molecular complexity index is 789. The van der Waals surface area contributed by atoms with Gasteiger partial charge in [0.1, 0.15) is 0 Å². The molecule has 0 spiro atoms. The van der Waals surface area contributed by atoms with Crippen LogP contribution in [0, 0.1) is 13.8 Å². The van der Waals surface area contributed by atoms with Crippen LogP contribution in [0.25, 0.3) is 0 Å². The molecule has 2 heterocycles. The fraction of sp³-hybridized carbons (Fsp3) is 0.444. The largest absolute Gasteiger partial charge is 0.467 e. The van der Waals surface area contributed by atoms with Crippen molar-refractivity contribution in [3.63, 3.8) is 0 Å². The second-order valence-electron chi connectivity index (χ2n) is 6.29. The van der Waals surface area contributed by atoms with Gasteiger partial charge in [0.2, 0.25) is 5.95 Å². The van der Waals surface area contributed by atoms with E-state index in [1.165, 1.54) is 7.11 Å². The number of nitrogens with zero attached hydrogens (tertiary/aromatic N) is 4. The van der Waals surface area contributed by atoms with Crippen molar-refractivity contribution in [2.75, 3.05) is 30.4 Å². The Hall–Kier alpha value is -2.90. The van der Waals surface area contributed by atoms with Crippen LogP contribution in [0.1, 0.15) is 29.8 Å². The second-order valence-corrected chi connectivity index (χ2v) is 6.29. The molecule has 1 saturated heterocycles. The summed E-state index contributed by atoms with van der Waals surface area (Å²) in [5.41, 5.74) is 2.95. The van der Waals surface area contributed by atoms with E-state index in [9.17, 15) is 4.79 Å². The number of carbonyl (C=O) groups excluding carboxylic acids is 1. The van der Waals surface area contributed by atoms with E-state index < -0.39 is 0 Å². The maximum atomic E-state index is 12.2. The van der Waals surface area contributed by atoms with Gasteiger partial charge in [0.15, 0.2) is 5.82 Å². The fourth-order valence-corrected chi connectivity index (χ4v) is 2.83. The molecule has 1 fully saturated rings. The lowest BCUT2D eigenvalue weighted by Crippen LogP contribution is -2.30. The molecule has 3 rings (SSSR count). The summed E-state index contributed by atoms with van der Waals surface area (Å²) in [6.07, 6.45) is 2.25. The topological polar surface area (TPSA) is 92.3 Å². The molecule has 0 atom stereocenters. The van der Waals surface area contributed by atoms with Crippen LogP contribution >= 0.6 is 0 Å². The van der Waals surface area contributed by atoms with Crippen molar-refractivity contribution in [2.45, 2.75) is 33.2 Å². The quantitative estimate of drug-likeness (QED) is 0.855. The molecule has 2 N–H and O–H groups in total. The van der Waals surface area contributed by atoms with Crippen LogP contribution in [0.4, 0.5) is 16.4 Å². The highest BCUT2D eigenvalue weighted by Gasteiger charge is 2.18. The minimum atomic E-state index is -0.305. The van der Waals surface area contributed by atoms with Gasteiger partial charge >= 0.3 is 12.0 Å². The first-order chi connectivity index (χ1) is 12.6. The molecular formula is C18H24N6O2. The smallest absolute Gasteiger partial charge is 0.321 e. The van der Waals surface area contributed by atoms with Gasteiger partial charge in [-0.15, -0.1) is 0 Å². The van der Waals surface area contributed by atoms with Crippen LogP contribution in [0.3, 0.4) is 0 Å². The minimum Gasteiger partial charge on any atom is -0.467 e. The summed E-state index contributed by atoms with van der Waals surface area (Å²) in [5, 5.41) is 5.64. The number of hydrogen-bond acceptors (Lipinski definition) is 6. The Morgan fingerprint density at radius 1 is 1.19 bits per heavy atom. The molecule has 1 aliphatic heterocycles. The van der Waals surface area contributed by atoms with Crippen LogP contribution in [0.15, 0.2) is 18.2 Å². The Labute approximate surface area is 153 Å². The molecule has 0 bridgehead atoms. The summed E-state index contributed by atoms with van der Waals surface area (Å²) in [5.74, 6) is 1.07. The number of aryl methyl sites for hydroxylation is 1. The summed E-state index contributed by atoms with van der Waals surface area (Å²) in [6.45, 7) is 6.02. The molecule has 0 radical (unpaired) electrons. The van der Waals surface area contributed by atoms with Crippen molar-refractivity contribution < 1.29 is 9.53 Å². The van der Waals surface area contributed by atoms with Gasteiger partial charge in [0, 0.05) is 18.8 Å². The zero-order valence-electron chi connectivity index (χ0n) is 15.4. The maximum absolute atomic E-state index is 12.2. The summed E-state index contributed by atoms with van der Waals surface area (Å²) in [7, 11) is 1.52. The van der Waals surface area contributed by atoms with Crippen molar-refractivity contribution in [2.24, 2.45) is 0 Å². The Kier molecular flexibility index (Phi) is 5.50. The van der Waals surface area contributed by atoms with Crippen molar-refractivity contribution in [1.29, 1.82) is 0 Å². The lowest BCUT2D eigenvalue weighted by molar-refractivity contribution is 0.251. The first-order valence-electron chi connectivity index (χ1n) is 8.72. The van der Waals surface area contributed by atoms with E-state index in [1.807, 2.05) is 32.0 Å². The van der Waals surface area contributed by atoms with E-state index in [0.717, 1.165) is 42.7 Å². The first-order valence-corrected chi connectivity index (χ1v) is 8.72. The number of benzene rings is 1. The van der Waals surface area contributed by atoms with Gasteiger partial charge < -0.3 is 20.3 Å². The van der Waals surface area contributed by atoms with Gasteiger partial charge in [-0.05, 0) is 43.9 Å². The lowest BCUT2D eigenvalue weighted by atomic mass is 10.1. The molecular weight excluding hydrogens is 332 g/mol. The number of hydrogen-bond donors (Lipinski definition) is 2. The van der Waals surface area contributed by atoms with Crippen molar-refractivity contribution in [3.05, 3.63) is 35.2 Å². The summed E-state index contributed by atoms with van der Waals surface area (Å²) < 4.78 is 5.17. The summed E-state index contributed by atoms with van der Waals surface area (Å²) in [4.78, 5) is 27.3. The highest BCUT2D eigenvalue weighted by Crippen LogP contribution is 2.19. The minimum absolute atomic E-state index is 0.191. The van der Waals surface area contributed by atoms with Crippen molar-refractivity contribution in [3.8, 4) is 6.01 Å². The van der Waals surface area contributed by atoms with E-state index in [-0.39, 0.29) is 18.6 Å². The third-order valence-electron chi connectivity index (χ3n) is 4.48. The van der Waals surface area contributed by atoms with Gasteiger partial charge in [-0.1, -0.05) is 12.1 Å². The predicted octanol–water partition coefficient (Wildman–Crippen LogP) is 2.42. The molecule has 8 nitrogen and oxygen atoms in total. The third-order valence-corrected chi connectivity index (χ3v) is 4.48. The zero-order valence-corrected chi connectivity index (χ0v) is 15.4. The molecule has 2 amide bonds. The SMILES string of the molecule is COc1nc(CNC(=O)Nc2cccc(C)c2C)nc(N2CCCC2)n1. The van der Waals surface area contributed by atoms with Crippen LogP contribution in [-0.4, -0.2) is 41.2 Å². The first kappa shape index (κ1) is 17.9. The molecule has 2 aromatic rings. The van der Waals surface area contributed by atoms with Gasteiger partial charge in [0.05, 0.1) is 13.7 Å². The predicted molar refractivity (Wildman–Crippen MR) is 99.6 cm³/mol. The zero-order chi connectivity index (χ0) is 18.5. The third kappa shape index (κ3) is 4.19. The Morgan fingerprint density at radius 2 is 1.96 bits per heavy atom. The number of nitrogens with one attached hydrogen (secondary N) is 2. The normalized spacial score (nSPS) is 13.6. The highest BCUT2D eigenvalue weighted by molar-refractivity contribution is 5.90. The molecule has 1 aromatic heterocycles. The number of rotatable bonds is 5. The number of ether oxygens (including phenoxy) is 1. The van der Waals surface area contributed by atoms with Crippen LogP contribution in [0.5, 0.6) is 6.01 Å². The number of amides is 2. The van der Waals surface area contributed by atoms with E-state index >= 15 is 0 Å². The number of anilines is 2. The molecule has 1 aromatic carbocycles. The highest BCUT2D eigenvalue weighted by atomic mass is 16.5. The van der Waals surface area contributed by atoms with E-state index in [1.54, 1.807) is 0 Å². The average Bonchev–Trinajstić information content (AvgIpc) is 3.18. The summed E-state index contributed by atoms with van der Waals surface area (Å²) in [6, 6.07) is 5.75. The maximum Gasteiger partial charge on any atom is 0.321 e. The number of carbonyl (C=O) groups is 1. The van der Waals surface area contributed by atoms with E-state index in [4.69, 9.17) is 4.74 Å². The van der Waals surface area contributed by atoms with Gasteiger partial charge in [-0.25, -0.2) is 4.79 Å². The van der Waals surface area contributed by atoms with Crippen LogP contribution in [0.2, 0.25) is 0 Å². The second kappa shape index (κ2) is 7.99. The molecule has 0 unspecified atom stereocenters. The Morgan fingerprint density at radius 3 is 2.69 bits per heavy atom. The van der Waals surface area contributed by atoms with Gasteiger partial charge in [-0.2, -0.15) is 15.0 Å². The summed E-state index contributed by atoms with van der Waals surface area (Å²) >= 11 is 0. The molecule has 1 aliphatic rings. The van der Waals surface area contributed by atoms with E-state index in [2.05, 4.69) is 30.5 Å². The average molecular weight is 356 g/mol. The van der Waals surface area contributed by atoms with Crippen LogP contribution < -0.4 is 20.3 Å².